The van der Waals surface area contributed by atoms with E-state index in [9.17, 15) is 13.2 Å². The van der Waals surface area contributed by atoms with Crippen molar-refractivity contribution < 1.29 is 13.2 Å². The summed E-state index contributed by atoms with van der Waals surface area (Å²) in [6.45, 7) is 0.918. The Kier molecular flexibility index (Phi) is 6.72. The van der Waals surface area contributed by atoms with Gasteiger partial charge in [-0.15, -0.1) is 0 Å². The Morgan fingerprint density at radius 2 is 1.85 bits per heavy atom. The quantitative estimate of drug-likeness (QED) is 0.645. The maximum atomic E-state index is 11.8. The molecule has 136 valence electrons. The third kappa shape index (κ3) is 6.20. The molecule has 26 heavy (non-hydrogen) atoms. The van der Waals surface area contributed by atoms with E-state index in [2.05, 4.69) is 16.7 Å². The van der Waals surface area contributed by atoms with Crippen LogP contribution in [0.3, 0.4) is 0 Å². The van der Waals surface area contributed by atoms with Crippen molar-refractivity contribution in [1.29, 1.82) is 5.26 Å². The van der Waals surface area contributed by atoms with Crippen LogP contribution < -0.4 is 15.8 Å². The van der Waals surface area contributed by atoms with Gasteiger partial charge in [-0.1, -0.05) is 18.2 Å². The molecule has 0 saturated heterocycles. The van der Waals surface area contributed by atoms with Crippen LogP contribution in [0.4, 0.5) is 5.69 Å². The number of nitrogens with two attached hydrogens (primary N) is 1. The van der Waals surface area contributed by atoms with E-state index < -0.39 is 10.0 Å². The van der Waals surface area contributed by atoms with E-state index in [-0.39, 0.29) is 10.8 Å². The van der Waals surface area contributed by atoms with Crippen molar-refractivity contribution in [2.24, 2.45) is 5.14 Å². The molecule has 2 aromatic carbocycles. The number of primary sulfonamides is 1. The van der Waals surface area contributed by atoms with Crippen molar-refractivity contribution >= 4 is 21.6 Å². The van der Waals surface area contributed by atoms with Gasteiger partial charge >= 0.3 is 0 Å². The Hall–Kier alpha value is -2.89. The van der Waals surface area contributed by atoms with Crippen LogP contribution in [-0.2, 0) is 21.2 Å². The molecular formula is C18H20N4O3S. The number of amides is 1. The van der Waals surface area contributed by atoms with E-state index in [0.29, 0.717) is 31.5 Å². The van der Waals surface area contributed by atoms with Gasteiger partial charge in [-0.3, -0.25) is 4.79 Å². The van der Waals surface area contributed by atoms with Gasteiger partial charge in [0.25, 0.3) is 0 Å². The lowest BCUT2D eigenvalue weighted by molar-refractivity contribution is -0.120. The zero-order valence-corrected chi connectivity index (χ0v) is 14.9. The molecule has 0 spiro atoms. The molecule has 1 amide bonds. The zero-order valence-electron chi connectivity index (χ0n) is 14.1. The fraction of sp³-hybridized carbons (Fsp3) is 0.222. The van der Waals surface area contributed by atoms with Crippen LogP contribution in [0.2, 0.25) is 0 Å². The number of carbonyl (C=O) groups is 1. The highest BCUT2D eigenvalue weighted by Gasteiger charge is 2.07. The van der Waals surface area contributed by atoms with Gasteiger partial charge in [0.05, 0.1) is 16.5 Å². The minimum atomic E-state index is -3.69. The summed E-state index contributed by atoms with van der Waals surface area (Å²) in [5.74, 6) is -0.0879. The lowest BCUT2D eigenvalue weighted by Gasteiger charge is -2.08. The Morgan fingerprint density at radius 3 is 2.50 bits per heavy atom. The number of benzene rings is 2. The highest BCUT2D eigenvalue weighted by molar-refractivity contribution is 7.89. The van der Waals surface area contributed by atoms with Crippen molar-refractivity contribution in [1.82, 2.24) is 5.32 Å². The standard InChI is InChI=1S/C18H20N4O3S/c19-13-15-2-1-3-16(12-15)21-11-9-18(23)22-10-8-14-4-6-17(7-5-14)26(20,24)25/h1-7,12,21H,8-11H2,(H,22,23)(H2,20,24,25). The zero-order chi connectivity index (χ0) is 19.0. The van der Waals surface area contributed by atoms with Gasteiger partial charge in [0.1, 0.15) is 0 Å². The van der Waals surface area contributed by atoms with Gasteiger partial charge in [-0.05, 0) is 42.3 Å². The summed E-state index contributed by atoms with van der Waals surface area (Å²) in [5.41, 5.74) is 2.27. The number of hydrogen-bond donors (Lipinski definition) is 3. The van der Waals surface area contributed by atoms with Crippen molar-refractivity contribution in [2.45, 2.75) is 17.7 Å². The van der Waals surface area contributed by atoms with E-state index in [1.165, 1.54) is 12.1 Å². The van der Waals surface area contributed by atoms with E-state index in [4.69, 9.17) is 10.4 Å². The van der Waals surface area contributed by atoms with Gasteiger partial charge in [-0.2, -0.15) is 5.26 Å². The SMILES string of the molecule is N#Cc1cccc(NCCC(=O)NCCc2ccc(S(N)(=O)=O)cc2)c1. The molecule has 4 N–H and O–H groups in total. The Bertz CT molecular complexity index is 903. The normalized spacial score (nSPS) is 10.8. The second-order valence-electron chi connectivity index (χ2n) is 5.66. The Morgan fingerprint density at radius 1 is 1.12 bits per heavy atom. The number of nitrogens with one attached hydrogen (secondary N) is 2. The van der Waals surface area contributed by atoms with Gasteiger partial charge in [0.2, 0.25) is 15.9 Å². The van der Waals surface area contributed by atoms with E-state index in [0.717, 1.165) is 11.3 Å². The van der Waals surface area contributed by atoms with Crippen LogP contribution in [0.15, 0.2) is 53.4 Å². The summed E-state index contributed by atoms with van der Waals surface area (Å²) in [6, 6.07) is 15.4. The van der Waals surface area contributed by atoms with Crippen molar-refractivity contribution in [3.05, 3.63) is 59.7 Å². The average molecular weight is 372 g/mol. The fourth-order valence-corrected chi connectivity index (χ4v) is 2.81. The van der Waals surface area contributed by atoms with Crippen LogP contribution in [0, 0.1) is 11.3 Å². The minimum Gasteiger partial charge on any atom is -0.384 e. The fourth-order valence-electron chi connectivity index (χ4n) is 2.30. The first kappa shape index (κ1) is 19.4. The monoisotopic (exact) mass is 372 g/mol. The second kappa shape index (κ2) is 8.99. The van der Waals surface area contributed by atoms with Gasteiger partial charge < -0.3 is 10.6 Å². The molecule has 0 aliphatic heterocycles. The number of anilines is 1. The number of nitriles is 1. The molecule has 0 unspecified atom stereocenters. The van der Waals surface area contributed by atoms with Crippen LogP contribution in [0.25, 0.3) is 0 Å². The number of rotatable bonds is 8. The number of nitrogens with zero attached hydrogens (tertiary/aromatic N) is 1. The lowest BCUT2D eigenvalue weighted by atomic mass is 10.1. The Balaban J connectivity index is 1.69. The molecule has 8 heteroatoms. The minimum absolute atomic E-state index is 0.0665. The molecule has 0 radical (unpaired) electrons. The van der Waals surface area contributed by atoms with E-state index in [1.54, 1.807) is 30.3 Å². The van der Waals surface area contributed by atoms with Crippen molar-refractivity contribution in [3.8, 4) is 6.07 Å². The van der Waals surface area contributed by atoms with Gasteiger partial charge in [-0.25, -0.2) is 13.6 Å². The number of hydrogen-bond acceptors (Lipinski definition) is 5. The van der Waals surface area contributed by atoms with Crippen molar-refractivity contribution in [3.63, 3.8) is 0 Å². The third-order valence-corrected chi connectivity index (χ3v) is 4.59. The first-order valence-electron chi connectivity index (χ1n) is 8.01. The number of sulfonamides is 1. The van der Waals surface area contributed by atoms with Gasteiger partial charge in [0.15, 0.2) is 0 Å². The van der Waals surface area contributed by atoms with Crippen LogP contribution in [0.5, 0.6) is 0 Å². The lowest BCUT2D eigenvalue weighted by Crippen LogP contribution is -2.27. The van der Waals surface area contributed by atoms with E-state index >= 15 is 0 Å². The highest BCUT2D eigenvalue weighted by atomic mass is 32.2. The molecule has 0 fully saturated rings. The molecule has 7 nitrogen and oxygen atoms in total. The summed E-state index contributed by atoms with van der Waals surface area (Å²) in [4.78, 5) is 11.9. The summed E-state index contributed by atoms with van der Waals surface area (Å²) in [5, 5.41) is 19.8. The maximum Gasteiger partial charge on any atom is 0.238 e. The van der Waals surface area contributed by atoms with Crippen molar-refractivity contribution in [2.75, 3.05) is 18.4 Å². The third-order valence-electron chi connectivity index (χ3n) is 3.66. The Labute approximate surface area is 152 Å². The molecular weight excluding hydrogens is 352 g/mol. The van der Waals surface area contributed by atoms with Crippen LogP contribution >= 0.6 is 0 Å². The number of carbonyl (C=O) groups excluding carboxylic acids is 1. The first-order chi connectivity index (χ1) is 12.4. The predicted octanol–water partition coefficient (Wildman–Crippen LogP) is 1.37. The predicted molar refractivity (Wildman–Crippen MR) is 98.8 cm³/mol. The highest BCUT2D eigenvalue weighted by Crippen LogP contribution is 2.10. The molecule has 2 rings (SSSR count). The molecule has 0 saturated carbocycles. The molecule has 0 aromatic heterocycles. The smallest absolute Gasteiger partial charge is 0.238 e. The molecule has 2 aromatic rings. The summed E-state index contributed by atoms with van der Waals surface area (Å²) in [6.07, 6.45) is 0.898. The summed E-state index contributed by atoms with van der Waals surface area (Å²) < 4.78 is 22.4. The average Bonchev–Trinajstić information content (AvgIpc) is 2.61. The topological polar surface area (TPSA) is 125 Å². The van der Waals surface area contributed by atoms with E-state index in [1.807, 2.05) is 6.07 Å². The van der Waals surface area contributed by atoms with Crippen LogP contribution in [-0.4, -0.2) is 27.4 Å². The second-order valence-corrected chi connectivity index (χ2v) is 7.22. The molecule has 0 aliphatic rings. The summed E-state index contributed by atoms with van der Waals surface area (Å²) in [7, 11) is -3.69. The maximum absolute atomic E-state index is 11.8. The molecule has 0 bridgehead atoms. The van der Waals surface area contributed by atoms with Gasteiger partial charge in [0, 0.05) is 25.2 Å². The molecule has 0 aliphatic carbocycles. The molecule has 0 heterocycles. The largest absolute Gasteiger partial charge is 0.384 e. The van der Waals surface area contributed by atoms with Crippen LogP contribution in [0.1, 0.15) is 17.5 Å². The summed E-state index contributed by atoms with van der Waals surface area (Å²) >= 11 is 0. The molecule has 0 atom stereocenters. The first-order valence-corrected chi connectivity index (χ1v) is 9.55.